The second kappa shape index (κ2) is 6.37. The zero-order chi connectivity index (χ0) is 14.7. The number of halogens is 2. The highest BCUT2D eigenvalue weighted by Crippen LogP contribution is 2.30. The van der Waals surface area contributed by atoms with Crippen LogP contribution in [0.2, 0.25) is 0 Å². The number of hydrogen-bond acceptors (Lipinski definition) is 2. The Bertz CT molecular complexity index is 599. The molecule has 2 nitrogen and oxygen atoms in total. The second-order valence-corrected chi connectivity index (χ2v) is 5.66. The summed E-state index contributed by atoms with van der Waals surface area (Å²) in [6, 6.07) is 11.4. The average molecular weight is 339 g/mol. The quantitative estimate of drug-likeness (QED) is 0.891. The van der Waals surface area contributed by atoms with Crippen LogP contribution in [-0.4, -0.2) is 11.2 Å². The van der Waals surface area contributed by atoms with E-state index in [1.165, 1.54) is 12.1 Å². The Labute approximate surface area is 126 Å². The van der Waals surface area contributed by atoms with Crippen molar-refractivity contribution in [3.63, 3.8) is 0 Å². The Morgan fingerprint density at radius 2 is 1.90 bits per heavy atom. The number of rotatable bonds is 4. The predicted molar refractivity (Wildman–Crippen MR) is 80.4 cm³/mol. The molecule has 106 valence electrons. The van der Waals surface area contributed by atoms with Gasteiger partial charge < -0.3 is 9.84 Å². The number of aliphatic hydroxyl groups is 1. The van der Waals surface area contributed by atoms with Gasteiger partial charge in [-0.3, -0.25) is 0 Å². The molecule has 1 atom stereocenters. The Morgan fingerprint density at radius 1 is 1.15 bits per heavy atom. The summed E-state index contributed by atoms with van der Waals surface area (Å²) in [6.45, 7) is 3.87. The van der Waals surface area contributed by atoms with Gasteiger partial charge in [0.25, 0.3) is 0 Å². The van der Waals surface area contributed by atoms with E-state index in [1.54, 1.807) is 18.2 Å². The highest BCUT2D eigenvalue weighted by molar-refractivity contribution is 9.10. The Morgan fingerprint density at radius 3 is 2.60 bits per heavy atom. The largest absolute Gasteiger partial charge is 0.491 e. The lowest BCUT2D eigenvalue weighted by Crippen LogP contribution is -2.07. The van der Waals surface area contributed by atoms with Crippen molar-refractivity contribution in [3.05, 3.63) is 63.9 Å². The minimum Gasteiger partial charge on any atom is -0.491 e. The molecule has 0 fully saturated rings. The molecule has 4 heteroatoms. The number of hydrogen-bond donors (Lipinski definition) is 1. The summed E-state index contributed by atoms with van der Waals surface area (Å²) in [5.74, 6) is 0.306. The normalized spacial score (nSPS) is 12.5. The van der Waals surface area contributed by atoms with Gasteiger partial charge in [-0.25, -0.2) is 4.39 Å². The SMILES string of the molecule is CC(C)Oc1cccc(C(O)c2cc(F)ccc2Br)c1. The van der Waals surface area contributed by atoms with Crippen LogP contribution in [0.5, 0.6) is 5.75 Å². The molecule has 0 amide bonds. The molecular formula is C16H16BrFO2. The van der Waals surface area contributed by atoms with Crippen LogP contribution in [0.15, 0.2) is 46.9 Å². The van der Waals surface area contributed by atoms with E-state index in [2.05, 4.69) is 15.9 Å². The van der Waals surface area contributed by atoms with Gasteiger partial charge in [0.05, 0.1) is 6.10 Å². The monoisotopic (exact) mass is 338 g/mol. The van der Waals surface area contributed by atoms with Crippen LogP contribution < -0.4 is 4.74 Å². The van der Waals surface area contributed by atoms with Gasteiger partial charge in [0, 0.05) is 10.0 Å². The van der Waals surface area contributed by atoms with Crippen molar-refractivity contribution < 1.29 is 14.2 Å². The van der Waals surface area contributed by atoms with E-state index in [0.29, 0.717) is 21.3 Å². The summed E-state index contributed by atoms with van der Waals surface area (Å²) in [7, 11) is 0. The maximum atomic E-state index is 13.3. The van der Waals surface area contributed by atoms with Crippen LogP contribution >= 0.6 is 15.9 Å². The van der Waals surface area contributed by atoms with Crippen LogP contribution in [-0.2, 0) is 0 Å². The lowest BCUT2D eigenvalue weighted by molar-refractivity contribution is 0.215. The summed E-state index contributed by atoms with van der Waals surface area (Å²) in [6.07, 6.45) is -0.848. The van der Waals surface area contributed by atoms with Gasteiger partial charge in [-0.1, -0.05) is 28.1 Å². The van der Waals surface area contributed by atoms with Gasteiger partial charge >= 0.3 is 0 Å². The van der Waals surface area contributed by atoms with Crippen molar-refractivity contribution in [1.82, 2.24) is 0 Å². The molecule has 2 aromatic rings. The molecule has 0 heterocycles. The fourth-order valence-electron chi connectivity index (χ4n) is 1.93. The van der Waals surface area contributed by atoms with Gasteiger partial charge in [-0.15, -0.1) is 0 Å². The molecule has 0 aliphatic carbocycles. The molecule has 0 saturated carbocycles. The Kier molecular flexibility index (Phi) is 4.78. The van der Waals surface area contributed by atoms with Crippen LogP contribution in [0, 0.1) is 5.82 Å². The minimum absolute atomic E-state index is 0.0586. The lowest BCUT2D eigenvalue weighted by atomic mass is 10.0. The first-order valence-corrected chi connectivity index (χ1v) is 7.16. The fourth-order valence-corrected chi connectivity index (χ4v) is 2.40. The summed E-state index contributed by atoms with van der Waals surface area (Å²) in [5.41, 5.74) is 1.15. The molecule has 20 heavy (non-hydrogen) atoms. The van der Waals surface area contributed by atoms with Crippen molar-refractivity contribution >= 4 is 15.9 Å². The first-order valence-electron chi connectivity index (χ1n) is 6.37. The number of ether oxygens (including phenoxy) is 1. The molecule has 2 rings (SSSR count). The standard InChI is InChI=1S/C16H16BrFO2/c1-10(2)20-13-5-3-4-11(8-13)16(19)14-9-12(18)6-7-15(14)17/h3-10,16,19H,1-2H3. The van der Waals surface area contributed by atoms with E-state index >= 15 is 0 Å². The minimum atomic E-state index is -0.907. The third-order valence-electron chi connectivity index (χ3n) is 2.80. The van der Waals surface area contributed by atoms with Gasteiger partial charge in [-0.05, 0) is 49.7 Å². The second-order valence-electron chi connectivity index (χ2n) is 4.81. The molecule has 2 aromatic carbocycles. The van der Waals surface area contributed by atoms with Crippen LogP contribution in [0.4, 0.5) is 4.39 Å². The summed E-state index contributed by atoms with van der Waals surface area (Å²) in [5, 5.41) is 10.4. The molecule has 0 aromatic heterocycles. The van der Waals surface area contributed by atoms with Crippen LogP contribution in [0.25, 0.3) is 0 Å². The van der Waals surface area contributed by atoms with Gasteiger partial charge in [0.1, 0.15) is 17.7 Å². The molecule has 1 unspecified atom stereocenters. The van der Waals surface area contributed by atoms with Crippen molar-refractivity contribution in [2.24, 2.45) is 0 Å². The van der Waals surface area contributed by atoms with Crippen LogP contribution in [0.1, 0.15) is 31.1 Å². The summed E-state index contributed by atoms with van der Waals surface area (Å²) in [4.78, 5) is 0. The number of aliphatic hydroxyl groups excluding tert-OH is 1. The Balaban J connectivity index is 2.33. The third-order valence-corrected chi connectivity index (χ3v) is 3.52. The van der Waals surface area contributed by atoms with E-state index < -0.39 is 6.10 Å². The number of benzene rings is 2. The van der Waals surface area contributed by atoms with Gasteiger partial charge in [-0.2, -0.15) is 0 Å². The molecular weight excluding hydrogens is 323 g/mol. The topological polar surface area (TPSA) is 29.5 Å². The van der Waals surface area contributed by atoms with E-state index in [0.717, 1.165) is 0 Å². The zero-order valence-electron chi connectivity index (χ0n) is 11.3. The van der Waals surface area contributed by atoms with Crippen molar-refractivity contribution in [1.29, 1.82) is 0 Å². The smallest absolute Gasteiger partial charge is 0.123 e. The first-order chi connectivity index (χ1) is 9.47. The van der Waals surface area contributed by atoms with E-state index in [-0.39, 0.29) is 11.9 Å². The zero-order valence-corrected chi connectivity index (χ0v) is 12.9. The van der Waals surface area contributed by atoms with Crippen LogP contribution in [0.3, 0.4) is 0 Å². The van der Waals surface area contributed by atoms with Crippen molar-refractivity contribution in [3.8, 4) is 5.75 Å². The maximum Gasteiger partial charge on any atom is 0.123 e. The average Bonchev–Trinajstić information content (AvgIpc) is 2.40. The molecule has 0 aliphatic rings. The van der Waals surface area contributed by atoms with Gasteiger partial charge in [0.15, 0.2) is 0 Å². The van der Waals surface area contributed by atoms with Gasteiger partial charge in [0.2, 0.25) is 0 Å². The first kappa shape index (κ1) is 15.0. The van der Waals surface area contributed by atoms with E-state index in [4.69, 9.17) is 4.74 Å². The Hall–Kier alpha value is -1.39. The molecule has 0 radical (unpaired) electrons. The highest BCUT2D eigenvalue weighted by Gasteiger charge is 2.15. The fraction of sp³-hybridized carbons (Fsp3) is 0.250. The lowest BCUT2D eigenvalue weighted by Gasteiger charge is -2.16. The maximum absolute atomic E-state index is 13.3. The highest BCUT2D eigenvalue weighted by atomic mass is 79.9. The third kappa shape index (κ3) is 3.58. The molecule has 0 spiro atoms. The van der Waals surface area contributed by atoms with E-state index in [1.807, 2.05) is 26.0 Å². The molecule has 0 bridgehead atoms. The predicted octanol–water partition coefficient (Wildman–Crippen LogP) is 4.46. The van der Waals surface area contributed by atoms with Crippen molar-refractivity contribution in [2.45, 2.75) is 26.1 Å². The summed E-state index contributed by atoms with van der Waals surface area (Å²) < 4.78 is 19.6. The molecule has 0 saturated heterocycles. The molecule has 0 aliphatic heterocycles. The van der Waals surface area contributed by atoms with Crippen molar-refractivity contribution in [2.75, 3.05) is 0 Å². The van der Waals surface area contributed by atoms with E-state index in [9.17, 15) is 9.50 Å². The molecule has 1 N–H and O–H groups in total. The summed E-state index contributed by atoms with van der Waals surface area (Å²) >= 11 is 3.33.